The Kier molecular flexibility index (Phi) is 3.12. The molecule has 3 saturated carbocycles. The van der Waals surface area contributed by atoms with Crippen LogP contribution < -0.4 is 0 Å². The normalized spacial score (nSPS) is 52.5. The summed E-state index contributed by atoms with van der Waals surface area (Å²) >= 11 is 0. The first-order valence-corrected chi connectivity index (χ1v) is 9.35. The highest BCUT2D eigenvalue weighted by Gasteiger charge is 2.62. The van der Waals surface area contributed by atoms with Crippen molar-refractivity contribution in [3.8, 4) is 0 Å². The lowest BCUT2D eigenvalue weighted by Gasteiger charge is -2.59. The van der Waals surface area contributed by atoms with Crippen LogP contribution in [0.15, 0.2) is 23.8 Å². The van der Waals surface area contributed by atoms with E-state index in [1.165, 1.54) is 24.8 Å². The fourth-order valence-electron chi connectivity index (χ4n) is 6.84. The van der Waals surface area contributed by atoms with Crippen LogP contribution in [0.1, 0.15) is 65.7 Å². The van der Waals surface area contributed by atoms with Crippen molar-refractivity contribution < 1.29 is 9.90 Å². The summed E-state index contributed by atoms with van der Waals surface area (Å²) < 4.78 is 0. The van der Waals surface area contributed by atoms with Gasteiger partial charge in [0, 0.05) is 0 Å². The molecule has 0 aromatic rings. The van der Waals surface area contributed by atoms with E-state index in [1.54, 1.807) is 0 Å². The van der Waals surface area contributed by atoms with Crippen molar-refractivity contribution in [1.29, 1.82) is 0 Å². The van der Waals surface area contributed by atoms with Gasteiger partial charge in [-0.1, -0.05) is 26.0 Å². The molecule has 4 rings (SSSR count). The highest BCUT2D eigenvalue weighted by Crippen LogP contribution is 2.67. The Balaban J connectivity index is 1.72. The molecule has 0 saturated heterocycles. The summed E-state index contributed by atoms with van der Waals surface area (Å²) in [4.78, 5) is 12.1. The van der Waals surface area contributed by atoms with Gasteiger partial charge in [0.2, 0.25) is 0 Å². The Bertz CT molecular complexity index is 613. The SMILES string of the molecule is C=C1C[C@@]2(C)C(=CC1=O)CC[C@@H]1[C@@H]2CC[C@@]2(C)[C@H]1CC[C@]2(C)O. The zero-order valence-corrected chi connectivity index (χ0v) is 14.8. The van der Waals surface area contributed by atoms with Gasteiger partial charge in [0.1, 0.15) is 0 Å². The fraction of sp³-hybridized carbons (Fsp3) is 0.762. The van der Waals surface area contributed by atoms with Gasteiger partial charge in [-0.05, 0) is 92.1 Å². The molecule has 4 aliphatic carbocycles. The molecule has 2 heteroatoms. The van der Waals surface area contributed by atoms with Crippen LogP contribution in [0.5, 0.6) is 0 Å². The van der Waals surface area contributed by atoms with Gasteiger partial charge in [-0.25, -0.2) is 0 Å². The molecule has 4 aliphatic rings. The summed E-state index contributed by atoms with van der Waals surface area (Å²) in [6.45, 7) is 10.8. The number of hydrogen-bond donors (Lipinski definition) is 1. The van der Waals surface area contributed by atoms with Gasteiger partial charge in [0.05, 0.1) is 5.60 Å². The van der Waals surface area contributed by atoms with Crippen molar-refractivity contribution in [2.45, 2.75) is 71.3 Å². The minimum atomic E-state index is -0.508. The maximum atomic E-state index is 12.1. The molecule has 23 heavy (non-hydrogen) atoms. The van der Waals surface area contributed by atoms with Gasteiger partial charge in [-0.3, -0.25) is 4.79 Å². The zero-order valence-electron chi connectivity index (χ0n) is 14.8. The first-order chi connectivity index (χ1) is 10.7. The summed E-state index contributed by atoms with van der Waals surface area (Å²) in [5.41, 5.74) is 1.87. The van der Waals surface area contributed by atoms with Crippen LogP contribution in [-0.2, 0) is 4.79 Å². The lowest BCUT2D eigenvalue weighted by atomic mass is 9.46. The molecule has 0 unspecified atom stereocenters. The number of hydrogen-bond acceptors (Lipinski definition) is 2. The number of rotatable bonds is 0. The minimum absolute atomic E-state index is 0.0766. The molecule has 3 fully saturated rings. The van der Waals surface area contributed by atoms with Gasteiger partial charge in [-0.15, -0.1) is 0 Å². The lowest BCUT2D eigenvalue weighted by Crippen LogP contribution is -2.54. The number of carbonyl (C=O) groups is 1. The molecule has 0 bridgehead atoms. The van der Waals surface area contributed by atoms with Crippen molar-refractivity contribution in [1.82, 2.24) is 0 Å². The maximum absolute atomic E-state index is 12.1. The van der Waals surface area contributed by atoms with Crippen LogP contribution >= 0.6 is 0 Å². The predicted molar refractivity (Wildman–Crippen MR) is 91.9 cm³/mol. The van der Waals surface area contributed by atoms with E-state index in [0.717, 1.165) is 31.3 Å². The monoisotopic (exact) mass is 314 g/mol. The Morgan fingerprint density at radius 3 is 2.57 bits per heavy atom. The Labute approximate surface area is 140 Å². The molecule has 2 nitrogen and oxygen atoms in total. The van der Waals surface area contributed by atoms with Crippen LogP contribution in [-0.4, -0.2) is 16.5 Å². The van der Waals surface area contributed by atoms with Gasteiger partial charge >= 0.3 is 0 Å². The van der Waals surface area contributed by atoms with E-state index in [1.807, 2.05) is 6.08 Å². The summed E-state index contributed by atoms with van der Waals surface area (Å²) in [5, 5.41) is 10.9. The number of carbonyl (C=O) groups excluding carboxylic acids is 1. The second-order valence-corrected chi connectivity index (χ2v) is 9.42. The van der Waals surface area contributed by atoms with Crippen molar-refractivity contribution in [2.24, 2.45) is 28.6 Å². The van der Waals surface area contributed by atoms with Crippen LogP contribution in [0.25, 0.3) is 0 Å². The maximum Gasteiger partial charge on any atom is 0.181 e. The topological polar surface area (TPSA) is 37.3 Å². The standard InChI is InChI=1S/C21H30O2/c1-13-12-19(2)14(11-18(13)22)5-6-15-16(19)7-9-20(3)17(15)8-10-21(20,4)23/h11,15-17,23H,1,5-10,12H2,2-4H3/t15-,16+,17+,19+,20+,21+/m1/s1. The number of allylic oxidation sites excluding steroid dienone is 2. The van der Waals surface area contributed by atoms with E-state index in [-0.39, 0.29) is 16.6 Å². The number of fused-ring (bicyclic) bond motifs is 5. The first kappa shape index (κ1) is 15.6. The fourth-order valence-corrected chi connectivity index (χ4v) is 6.84. The van der Waals surface area contributed by atoms with Crippen LogP contribution in [0.3, 0.4) is 0 Å². The second kappa shape index (κ2) is 4.59. The van der Waals surface area contributed by atoms with Crippen molar-refractivity contribution in [3.63, 3.8) is 0 Å². The Morgan fingerprint density at radius 1 is 1.13 bits per heavy atom. The van der Waals surface area contributed by atoms with Gasteiger partial charge in [0.15, 0.2) is 5.78 Å². The third kappa shape index (κ3) is 1.88. The average molecular weight is 314 g/mol. The molecule has 0 amide bonds. The number of ketones is 1. The van der Waals surface area contributed by atoms with Crippen LogP contribution in [0, 0.1) is 28.6 Å². The first-order valence-electron chi connectivity index (χ1n) is 9.35. The molecule has 6 atom stereocenters. The molecule has 0 aromatic carbocycles. The van der Waals surface area contributed by atoms with E-state index in [9.17, 15) is 9.90 Å². The van der Waals surface area contributed by atoms with Crippen molar-refractivity contribution in [2.75, 3.05) is 0 Å². The zero-order chi connectivity index (χ0) is 16.6. The van der Waals surface area contributed by atoms with E-state index < -0.39 is 5.60 Å². The minimum Gasteiger partial charge on any atom is -0.390 e. The van der Waals surface area contributed by atoms with Gasteiger partial charge in [0.25, 0.3) is 0 Å². The molecule has 0 spiro atoms. The largest absolute Gasteiger partial charge is 0.390 e. The molecule has 1 N–H and O–H groups in total. The molecular formula is C21H30O2. The number of aliphatic hydroxyl groups is 1. The van der Waals surface area contributed by atoms with Gasteiger partial charge in [-0.2, -0.15) is 0 Å². The Morgan fingerprint density at radius 2 is 1.83 bits per heavy atom. The van der Waals surface area contributed by atoms with E-state index in [4.69, 9.17) is 0 Å². The molecule has 126 valence electrons. The smallest absolute Gasteiger partial charge is 0.181 e. The summed E-state index contributed by atoms with van der Waals surface area (Å²) in [5.74, 6) is 2.14. The highest BCUT2D eigenvalue weighted by atomic mass is 16.3. The third-order valence-electron chi connectivity index (χ3n) is 8.53. The molecule has 0 aromatic heterocycles. The summed E-state index contributed by atoms with van der Waals surface area (Å²) in [7, 11) is 0. The highest BCUT2D eigenvalue weighted by molar-refractivity contribution is 6.05. The van der Waals surface area contributed by atoms with Crippen molar-refractivity contribution in [3.05, 3.63) is 23.8 Å². The van der Waals surface area contributed by atoms with Crippen LogP contribution in [0.2, 0.25) is 0 Å². The molecule has 0 aliphatic heterocycles. The quantitative estimate of drug-likeness (QED) is 0.671. The summed E-state index contributed by atoms with van der Waals surface area (Å²) in [6, 6.07) is 0. The molecule has 0 radical (unpaired) electrons. The van der Waals surface area contributed by atoms with E-state index >= 15 is 0 Å². The lowest BCUT2D eigenvalue weighted by molar-refractivity contribution is -0.120. The molecular weight excluding hydrogens is 284 g/mol. The van der Waals surface area contributed by atoms with E-state index in [2.05, 4.69) is 27.4 Å². The molecule has 0 heterocycles. The Hall–Kier alpha value is -0.890. The van der Waals surface area contributed by atoms with Crippen molar-refractivity contribution >= 4 is 5.78 Å². The average Bonchev–Trinajstić information content (AvgIpc) is 2.71. The van der Waals surface area contributed by atoms with Crippen LogP contribution in [0.4, 0.5) is 0 Å². The second-order valence-electron chi connectivity index (χ2n) is 9.42. The summed E-state index contributed by atoms with van der Waals surface area (Å²) in [6.07, 6.45) is 9.42. The predicted octanol–water partition coefficient (Wildman–Crippen LogP) is 4.44. The van der Waals surface area contributed by atoms with E-state index in [0.29, 0.717) is 17.8 Å². The third-order valence-corrected chi connectivity index (χ3v) is 8.53. The van der Waals surface area contributed by atoms with Gasteiger partial charge < -0.3 is 5.11 Å².